The Kier molecular flexibility index (Phi) is 5.04. The third kappa shape index (κ3) is 3.39. The number of imide groups is 1. The van der Waals surface area contributed by atoms with Gasteiger partial charge in [0.1, 0.15) is 0 Å². The second-order valence-electron chi connectivity index (χ2n) is 5.10. The molecule has 0 atom stereocenters. The van der Waals surface area contributed by atoms with Gasteiger partial charge < -0.3 is 10.1 Å². The minimum Gasteiger partial charge on any atom is -0.465 e. The molecule has 1 aromatic carbocycles. The Morgan fingerprint density at radius 1 is 1.18 bits per heavy atom. The molecule has 1 aromatic rings. The van der Waals surface area contributed by atoms with Crippen LogP contribution < -0.4 is 0 Å². The summed E-state index contributed by atoms with van der Waals surface area (Å²) in [7, 11) is 0. The maximum absolute atomic E-state index is 12.1. The number of amides is 2. The highest BCUT2D eigenvalue weighted by molar-refractivity contribution is 6.22. The molecule has 2 amide bonds. The minimum absolute atomic E-state index is 0.0176. The van der Waals surface area contributed by atoms with Crippen LogP contribution in [0.25, 0.3) is 0 Å². The summed E-state index contributed by atoms with van der Waals surface area (Å²) in [6, 6.07) is 6.53. The van der Waals surface area contributed by atoms with Gasteiger partial charge in [-0.3, -0.25) is 19.3 Å². The van der Waals surface area contributed by atoms with E-state index in [2.05, 4.69) is 0 Å². The largest absolute Gasteiger partial charge is 0.465 e. The molecule has 1 aliphatic heterocycles. The number of hydrogen-bond donors (Lipinski definition) is 1. The van der Waals surface area contributed by atoms with Crippen molar-refractivity contribution in [3.63, 3.8) is 0 Å². The maximum Gasteiger partial charge on any atom is 0.311 e. The molecular weight excluding hydrogens is 284 g/mol. The fraction of sp³-hybridized carbons (Fsp3) is 0.375. The van der Waals surface area contributed by atoms with E-state index in [4.69, 9.17) is 10.1 Å². The molecule has 22 heavy (non-hydrogen) atoms. The number of hydrogen-bond acceptors (Lipinski definition) is 5. The molecule has 0 aromatic heterocycles. The van der Waals surface area contributed by atoms with E-state index in [0.717, 1.165) is 17.7 Å². The second kappa shape index (κ2) is 6.98. The van der Waals surface area contributed by atoms with Gasteiger partial charge in [-0.25, -0.2) is 0 Å². The topological polar surface area (TPSA) is 87.5 Å². The molecule has 0 radical (unpaired) electrons. The molecule has 0 spiro atoms. The van der Waals surface area contributed by atoms with Crippen molar-refractivity contribution in [1.82, 2.24) is 4.90 Å². The van der Waals surface area contributed by atoms with E-state index in [1.165, 1.54) is 0 Å². The highest BCUT2D eigenvalue weighted by Gasteiger charge is 2.35. The number of esters is 1. The summed E-state index contributed by atoms with van der Waals surface area (Å²) in [6.45, 7) is 2.13. The fourth-order valence-corrected chi connectivity index (χ4v) is 2.19. The van der Waals surface area contributed by atoms with Crippen molar-refractivity contribution in [2.45, 2.75) is 26.2 Å². The van der Waals surface area contributed by atoms with Crippen LogP contribution in [0.3, 0.4) is 0 Å². The molecule has 6 heteroatoms. The van der Waals surface area contributed by atoms with Crippen molar-refractivity contribution in [3.8, 4) is 0 Å². The number of nitrogens with one attached hydrogen (secondary N) is 1. The predicted octanol–water partition coefficient (Wildman–Crippen LogP) is 2.04. The van der Waals surface area contributed by atoms with Gasteiger partial charge in [0.2, 0.25) is 0 Å². The van der Waals surface area contributed by atoms with Gasteiger partial charge in [-0.1, -0.05) is 25.5 Å². The van der Waals surface area contributed by atoms with Gasteiger partial charge in [0.25, 0.3) is 11.8 Å². The Labute approximate surface area is 128 Å². The lowest BCUT2D eigenvalue weighted by Crippen LogP contribution is -2.35. The first-order valence-electron chi connectivity index (χ1n) is 7.21. The summed E-state index contributed by atoms with van der Waals surface area (Å²) in [5.41, 5.74) is 0.660. The van der Waals surface area contributed by atoms with Crippen LogP contribution in [0.5, 0.6) is 0 Å². The molecule has 2 rings (SSSR count). The first-order chi connectivity index (χ1) is 10.5. The molecule has 0 aliphatic carbocycles. The molecule has 1 heterocycles. The quantitative estimate of drug-likeness (QED) is 0.361. The number of benzene rings is 1. The highest BCUT2D eigenvalue weighted by atomic mass is 16.5. The lowest BCUT2D eigenvalue weighted by Gasteiger charge is -2.14. The average molecular weight is 302 g/mol. The molecule has 6 nitrogen and oxygen atoms in total. The van der Waals surface area contributed by atoms with Crippen LogP contribution in [-0.2, 0) is 9.53 Å². The number of nitrogens with zero attached hydrogens (tertiary/aromatic N) is 1. The molecule has 116 valence electrons. The summed E-state index contributed by atoms with van der Waals surface area (Å²) >= 11 is 0. The zero-order chi connectivity index (χ0) is 16.1. The van der Waals surface area contributed by atoms with Crippen molar-refractivity contribution in [2.24, 2.45) is 0 Å². The van der Waals surface area contributed by atoms with Gasteiger partial charge in [-0.05, 0) is 18.6 Å². The third-order valence-electron chi connectivity index (χ3n) is 3.35. The smallest absolute Gasteiger partial charge is 0.311 e. The van der Waals surface area contributed by atoms with Crippen LogP contribution in [0.15, 0.2) is 24.3 Å². The Hall–Kier alpha value is -2.50. The first kappa shape index (κ1) is 15.9. The molecule has 0 unspecified atom stereocenters. The summed E-state index contributed by atoms with van der Waals surface area (Å²) in [6.07, 6.45) is 1.48. The van der Waals surface area contributed by atoms with E-state index >= 15 is 0 Å². The van der Waals surface area contributed by atoms with Gasteiger partial charge in [0, 0.05) is 5.71 Å². The van der Waals surface area contributed by atoms with Crippen molar-refractivity contribution in [1.29, 1.82) is 5.41 Å². The lowest BCUT2D eigenvalue weighted by atomic mass is 10.1. The van der Waals surface area contributed by atoms with Crippen LogP contribution in [0, 0.1) is 5.41 Å². The fourth-order valence-electron chi connectivity index (χ4n) is 2.19. The van der Waals surface area contributed by atoms with E-state index in [0.29, 0.717) is 17.7 Å². The number of carbonyl (C=O) groups is 3. The Morgan fingerprint density at radius 2 is 1.77 bits per heavy atom. The summed E-state index contributed by atoms with van der Waals surface area (Å²) in [5.74, 6) is -1.36. The number of ether oxygens (including phenoxy) is 1. The molecular formula is C16H18N2O4. The van der Waals surface area contributed by atoms with Gasteiger partial charge in [0.15, 0.2) is 0 Å². The molecule has 0 bridgehead atoms. The molecule has 0 saturated carbocycles. The SMILES string of the molecule is CCCCOC(=O)CC(=N)CN1C(=O)c2ccccc2C1=O. The Balaban J connectivity index is 1.92. The normalized spacial score (nSPS) is 13.2. The second-order valence-corrected chi connectivity index (χ2v) is 5.10. The predicted molar refractivity (Wildman–Crippen MR) is 80.0 cm³/mol. The van der Waals surface area contributed by atoms with Crippen molar-refractivity contribution in [2.75, 3.05) is 13.2 Å². The lowest BCUT2D eigenvalue weighted by molar-refractivity contribution is -0.142. The zero-order valence-corrected chi connectivity index (χ0v) is 12.4. The monoisotopic (exact) mass is 302 g/mol. The Morgan fingerprint density at radius 3 is 2.32 bits per heavy atom. The standard InChI is InChI=1S/C16H18N2O4/c1-2-3-8-22-14(19)9-11(17)10-18-15(20)12-6-4-5-7-13(12)16(18)21/h4-7,17H,2-3,8-10H2,1H3. The highest BCUT2D eigenvalue weighted by Crippen LogP contribution is 2.22. The molecule has 1 N–H and O–H groups in total. The first-order valence-corrected chi connectivity index (χ1v) is 7.21. The van der Waals surface area contributed by atoms with E-state index in [1.54, 1.807) is 24.3 Å². The van der Waals surface area contributed by atoms with Crippen LogP contribution in [-0.4, -0.2) is 41.5 Å². The molecule has 0 saturated heterocycles. The number of unbranched alkanes of at least 4 members (excludes halogenated alkanes) is 1. The van der Waals surface area contributed by atoms with Gasteiger partial charge in [-0.2, -0.15) is 0 Å². The average Bonchev–Trinajstić information content (AvgIpc) is 2.73. The number of rotatable bonds is 7. The van der Waals surface area contributed by atoms with Crippen LogP contribution in [0.2, 0.25) is 0 Å². The number of fused-ring (bicyclic) bond motifs is 1. The Bertz CT molecular complexity index is 589. The van der Waals surface area contributed by atoms with Crippen LogP contribution in [0.1, 0.15) is 46.9 Å². The molecule has 0 fully saturated rings. The summed E-state index contributed by atoms with van der Waals surface area (Å²) in [5, 5.41) is 7.80. The van der Waals surface area contributed by atoms with Gasteiger partial charge in [0.05, 0.1) is 30.7 Å². The summed E-state index contributed by atoms with van der Waals surface area (Å²) in [4.78, 5) is 36.8. The van der Waals surface area contributed by atoms with E-state index in [1.807, 2.05) is 6.92 Å². The maximum atomic E-state index is 12.1. The zero-order valence-electron chi connectivity index (χ0n) is 12.4. The van der Waals surface area contributed by atoms with Crippen molar-refractivity contribution >= 4 is 23.5 Å². The van der Waals surface area contributed by atoms with Crippen molar-refractivity contribution in [3.05, 3.63) is 35.4 Å². The summed E-state index contributed by atoms with van der Waals surface area (Å²) < 4.78 is 4.96. The van der Waals surface area contributed by atoms with Gasteiger partial charge in [-0.15, -0.1) is 0 Å². The van der Waals surface area contributed by atoms with E-state index in [9.17, 15) is 14.4 Å². The van der Waals surface area contributed by atoms with E-state index < -0.39 is 17.8 Å². The van der Waals surface area contributed by atoms with Crippen LogP contribution >= 0.6 is 0 Å². The van der Waals surface area contributed by atoms with Gasteiger partial charge >= 0.3 is 5.97 Å². The van der Waals surface area contributed by atoms with E-state index in [-0.39, 0.29) is 18.7 Å². The van der Waals surface area contributed by atoms with Crippen LogP contribution in [0.4, 0.5) is 0 Å². The third-order valence-corrected chi connectivity index (χ3v) is 3.35. The molecule has 1 aliphatic rings. The van der Waals surface area contributed by atoms with Crippen molar-refractivity contribution < 1.29 is 19.1 Å². The number of carbonyl (C=O) groups excluding carboxylic acids is 3. The minimum atomic E-state index is -0.505.